The Labute approximate surface area is 208 Å². The summed E-state index contributed by atoms with van der Waals surface area (Å²) in [5.41, 5.74) is 1.75. The van der Waals surface area contributed by atoms with Crippen molar-refractivity contribution in [2.75, 3.05) is 51.3 Å². The van der Waals surface area contributed by atoms with Crippen LogP contribution < -0.4 is 20.1 Å². The highest BCUT2D eigenvalue weighted by molar-refractivity contribution is 5.92. The van der Waals surface area contributed by atoms with Crippen molar-refractivity contribution in [1.82, 2.24) is 15.1 Å². The first-order chi connectivity index (χ1) is 17.0. The molecule has 2 N–H and O–H groups in total. The summed E-state index contributed by atoms with van der Waals surface area (Å²) in [6.07, 6.45) is 1.83. The molecule has 190 valence electrons. The second-order valence-electron chi connectivity index (χ2n) is 8.75. The predicted octanol–water partition coefficient (Wildman–Crippen LogP) is 4.29. The van der Waals surface area contributed by atoms with Gasteiger partial charge in [-0.2, -0.15) is 0 Å². The Kier molecular flexibility index (Phi) is 10.2. The van der Waals surface area contributed by atoms with Crippen LogP contribution in [-0.2, 0) is 4.79 Å². The number of hydrogen-bond acceptors (Lipinski definition) is 5. The topological polar surface area (TPSA) is 83.1 Å². The summed E-state index contributed by atoms with van der Waals surface area (Å²) in [4.78, 5) is 29.1. The van der Waals surface area contributed by atoms with Crippen LogP contribution in [0.15, 0.2) is 48.5 Å². The second-order valence-corrected chi connectivity index (χ2v) is 8.75. The number of nitrogens with one attached hydrogen (secondary N) is 2. The Morgan fingerprint density at radius 1 is 0.914 bits per heavy atom. The van der Waals surface area contributed by atoms with Crippen LogP contribution in [0.5, 0.6) is 11.5 Å². The molecule has 0 aromatic heterocycles. The molecule has 3 rings (SSSR count). The Bertz CT molecular complexity index is 945. The molecule has 1 heterocycles. The molecule has 8 nitrogen and oxygen atoms in total. The van der Waals surface area contributed by atoms with E-state index in [1.165, 1.54) is 0 Å². The van der Waals surface area contributed by atoms with Gasteiger partial charge in [0.1, 0.15) is 0 Å². The molecular weight excluding hydrogens is 444 g/mol. The monoisotopic (exact) mass is 482 g/mol. The number of benzene rings is 2. The van der Waals surface area contributed by atoms with Gasteiger partial charge in [-0.1, -0.05) is 38.1 Å². The van der Waals surface area contributed by atoms with E-state index in [1.54, 1.807) is 4.90 Å². The maximum Gasteiger partial charge on any atom is 0.317 e. The second kappa shape index (κ2) is 13.6. The van der Waals surface area contributed by atoms with Crippen molar-refractivity contribution in [3.63, 3.8) is 0 Å². The Hall–Kier alpha value is -3.26. The quantitative estimate of drug-likeness (QED) is 0.499. The molecule has 2 aromatic carbocycles. The maximum absolute atomic E-state index is 12.9. The van der Waals surface area contributed by atoms with Crippen molar-refractivity contribution in [3.05, 3.63) is 54.1 Å². The summed E-state index contributed by atoms with van der Waals surface area (Å²) < 4.78 is 11.7. The standard InChI is InChI=1S/C27H38N4O4/c1-4-17-34-24-12-11-22(19-25(24)35-18-5-2)21(3)28-27(33)31-15-13-30(14-16-31)20-26(32)29-23-9-7-6-8-10-23/h6-12,19,21H,4-5,13-18,20H2,1-3H3,(H,28,33)(H,29,32). The third-order valence-electron chi connectivity index (χ3n) is 5.82. The van der Waals surface area contributed by atoms with Crippen LogP contribution in [0, 0.1) is 0 Å². The van der Waals surface area contributed by atoms with E-state index in [0.29, 0.717) is 51.7 Å². The van der Waals surface area contributed by atoms with Crippen LogP contribution >= 0.6 is 0 Å². The molecule has 1 aliphatic heterocycles. The van der Waals surface area contributed by atoms with E-state index < -0.39 is 0 Å². The SMILES string of the molecule is CCCOc1ccc(C(C)NC(=O)N2CCN(CC(=O)Nc3ccccc3)CC2)cc1OCCC. The molecule has 0 spiro atoms. The summed E-state index contributed by atoms with van der Waals surface area (Å²) >= 11 is 0. The minimum absolute atomic E-state index is 0.0461. The van der Waals surface area contributed by atoms with Gasteiger partial charge < -0.3 is 25.0 Å². The highest BCUT2D eigenvalue weighted by atomic mass is 16.5. The van der Waals surface area contributed by atoms with E-state index in [2.05, 4.69) is 29.4 Å². The van der Waals surface area contributed by atoms with E-state index in [0.717, 1.165) is 29.8 Å². The number of amides is 3. The Balaban J connectivity index is 1.48. The van der Waals surface area contributed by atoms with Gasteiger partial charge in [-0.15, -0.1) is 0 Å². The molecule has 0 aliphatic carbocycles. The van der Waals surface area contributed by atoms with E-state index >= 15 is 0 Å². The van der Waals surface area contributed by atoms with Crippen LogP contribution in [0.25, 0.3) is 0 Å². The number of hydrogen-bond donors (Lipinski definition) is 2. The van der Waals surface area contributed by atoms with Gasteiger partial charge >= 0.3 is 6.03 Å². The summed E-state index contributed by atoms with van der Waals surface area (Å²) in [5.74, 6) is 1.39. The van der Waals surface area contributed by atoms with Gasteiger partial charge in [0, 0.05) is 31.9 Å². The smallest absolute Gasteiger partial charge is 0.317 e. The average Bonchev–Trinajstić information content (AvgIpc) is 2.87. The first-order valence-corrected chi connectivity index (χ1v) is 12.5. The number of carbonyl (C=O) groups excluding carboxylic acids is 2. The molecule has 8 heteroatoms. The lowest BCUT2D eigenvalue weighted by Gasteiger charge is -2.35. The van der Waals surface area contributed by atoms with Crippen LogP contribution in [-0.4, -0.2) is 67.7 Å². The van der Waals surface area contributed by atoms with Crippen molar-refractivity contribution < 1.29 is 19.1 Å². The van der Waals surface area contributed by atoms with Crippen molar-refractivity contribution in [1.29, 1.82) is 0 Å². The van der Waals surface area contributed by atoms with E-state index in [4.69, 9.17) is 9.47 Å². The number of rotatable bonds is 11. The lowest BCUT2D eigenvalue weighted by atomic mass is 10.1. The third kappa shape index (κ3) is 8.17. The maximum atomic E-state index is 12.9. The first kappa shape index (κ1) is 26.3. The summed E-state index contributed by atoms with van der Waals surface area (Å²) in [5, 5.41) is 6.00. The third-order valence-corrected chi connectivity index (χ3v) is 5.82. The number of anilines is 1. The van der Waals surface area contributed by atoms with Gasteiger partial charge in [-0.25, -0.2) is 4.79 Å². The fourth-order valence-electron chi connectivity index (χ4n) is 3.84. The zero-order valence-corrected chi connectivity index (χ0v) is 21.1. The van der Waals surface area contributed by atoms with Crippen molar-refractivity contribution in [2.45, 2.75) is 39.7 Å². The minimum Gasteiger partial charge on any atom is -0.490 e. The predicted molar refractivity (Wildman–Crippen MR) is 138 cm³/mol. The van der Waals surface area contributed by atoms with Crippen LogP contribution in [0.4, 0.5) is 10.5 Å². The number of para-hydroxylation sites is 1. The Morgan fingerprint density at radius 3 is 2.23 bits per heavy atom. The van der Waals surface area contributed by atoms with Gasteiger partial charge in [0.05, 0.1) is 25.8 Å². The molecular formula is C27H38N4O4. The van der Waals surface area contributed by atoms with Crippen LogP contribution in [0.2, 0.25) is 0 Å². The van der Waals surface area contributed by atoms with Crippen LogP contribution in [0.3, 0.4) is 0 Å². The summed E-state index contributed by atoms with van der Waals surface area (Å²) in [6.45, 7) is 10.1. The lowest BCUT2D eigenvalue weighted by molar-refractivity contribution is -0.117. The lowest BCUT2D eigenvalue weighted by Crippen LogP contribution is -2.53. The molecule has 0 radical (unpaired) electrons. The summed E-state index contributed by atoms with van der Waals surface area (Å²) in [6, 6.07) is 15.0. The van der Waals surface area contributed by atoms with E-state index in [9.17, 15) is 9.59 Å². The highest BCUT2D eigenvalue weighted by Gasteiger charge is 2.24. The molecule has 1 unspecified atom stereocenters. The van der Waals surface area contributed by atoms with Crippen LogP contribution in [0.1, 0.15) is 45.2 Å². The minimum atomic E-state index is -0.179. The molecule has 1 saturated heterocycles. The number of urea groups is 1. The van der Waals surface area contributed by atoms with E-state index in [1.807, 2.05) is 55.5 Å². The highest BCUT2D eigenvalue weighted by Crippen LogP contribution is 2.31. The normalized spacial score (nSPS) is 14.8. The molecule has 0 saturated carbocycles. The van der Waals surface area contributed by atoms with Gasteiger partial charge in [-0.3, -0.25) is 9.69 Å². The molecule has 0 bridgehead atoms. The first-order valence-electron chi connectivity index (χ1n) is 12.5. The molecule has 1 aliphatic rings. The van der Waals surface area contributed by atoms with Gasteiger partial charge in [0.25, 0.3) is 0 Å². The molecule has 1 fully saturated rings. The molecule has 2 aromatic rings. The van der Waals surface area contributed by atoms with Gasteiger partial charge in [0.2, 0.25) is 5.91 Å². The van der Waals surface area contributed by atoms with Crippen molar-refractivity contribution in [2.24, 2.45) is 0 Å². The Morgan fingerprint density at radius 2 is 1.57 bits per heavy atom. The largest absolute Gasteiger partial charge is 0.490 e. The number of nitrogens with zero attached hydrogens (tertiary/aromatic N) is 2. The average molecular weight is 483 g/mol. The van der Waals surface area contributed by atoms with Crippen molar-refractivity contribution in [3.8, 4) is 11.5 Å². The zero-order valence-electron chi connectivity index (χ0n) is 21.1. The molecule has 1 atom stereocenters. The number of ether oxygens (including phenoxy) is 2. The summed E-state index contributed by atoms with van der Waals surface area (Å²) in [7, 11) is 0. The molecule has 35 heavy (non-hydrogen) atoms. The fraction of sp³-hybridized carbons (Fsp3) is 0.481. The van der Waals surface area contributed by atoms with Gasteiger partial charge in [0.15, 0.2) is 11.5 Å². The van der Waals surface area contributed by atoms with E-state index in [-0.39, 0.29) is 18.0 Å². The van der Waals surface area contributed by atoms with Gasteiger partial charge in [-0.05, 0) is 49.6 Å². The zero-order chi connectivity index (χ0) is 25.0. The number of carbonyl (C=O) groups is 2. The molecule has 3 amide bonds. The van der Waals surface area contributed by atoms with Crippen molar-refractivity contribution >= 4 is 17.6 Å². The number of piperazine rings is 1. The fourth-order valence-corrected chi connectivity index (χ4v) is 3.84.